The van der Waals surface area contributed by atoms with Crippen LogP contribution in [0, 0.1) is 5.92 Å². The third-order valence-corrected chi connectivity index (χ3v) is 7.78. The highest BCUT2D eigenvalue weighted by Crippen LogP contribution is 2.29. The molecule has 3 aromatic rings. The van der Waals surface area contributed by atoms with E-state index in [1.165, 1.54) is 24.8 Å². The zero-order valence-corrected chi connectivity index (χ0v) is 22.9. The minimum atomic E-state index is 0. The van der Waals surface area contributed by atoms with Crippen LogP contribution in [-0.2, 0) is 17.6 Å². The summed E-state index contributed by atoms with van der Waals surface area (Å²) in [5.41, 5.74) is 3.59. The fourth-order valence-electron chi connectivity index (χ4n) is 4.93. The molecule has 1 aliphatic heterocycles. The summed E-state index contributed by atoms with van der Waals surface area (Å²) in [5, 5.41) is 4.27. The van der Waals surface area contributed by atoms with Gasteiger partial charge in [0.15, 0.2) is 0 Å². The summed E-state index contributed by atoms with van der Waals surface area (Å²) < 4.78 is 0. The minimum absolute atomic E-state index is 0. The molecule has 0 bridgehead atoms. The SMILES string of the molecule is Cl.O=C(Cc1ccccc1)NCC(CCN1CCC(Cc2ccccc2)CC1)c1ccc(Cl)c(Cl)c1. The van der Waals surface area contributed by atoms with Gasteiger partial charge in [0, 0.05) is 12.5 Å². The van der Waals surface area contributed by atoms with Crippen LogP contribution in [0.1, 0.15) is 41.9 Å². The van der Waals surface area contributed by atoms with Crippen molar-refractivity contribution in [1.82, 2.24) is 10.2 Å². The van der Waals surface area contributed by atoms with Crippen LogP contribution in [0.4, 0.5) is 0 Å². The zero-order valence-electron chi connectivity index (χ0n) is 20.5. The van der Waals surface area contributed by atoms with E-state index >= 15 is 0 Å². The van der Waals surface area contributed by atoms with E-state index in [4.69, 9.17) is 23.2 Å². The lowest BCUT2D eigenvalue weighted by atomic mass is 9.89. The van der Waals surface area contributed by atoms with Crippen molar-refractivity contribution in [3.63, 3.8) is 0 Å². The first-order valence-corrected chi connectivity index (χ1v) is 13.3. The maximum atomic E-state index is 12.6. The normalized spacial score (nSPS) is 15.2. The quantitative estimate of drug-likeness (QED) is 0.292. The molecule has 1 aliphatic rings. The Bertz CT molecular complexity index is 1070. The lowest BCUT2D eigenvalue weighted by molar-refractivity contribution is -0.120. The van der Waals surface area contributed by atoms with Crippen LogP contribution < -0.4 is 5.32 Å². The minimum Gasteiger partial charge on any atom is -0.355 e. The van der Waals surface area contributed by atoms with Crippen LogP contribution in [0.3, 0.4) is 0 Å². The second-order valence-electron chi connectivity index (χ2n) is 9.60. The molecule has 0 aliphatic carbocycles. The van der Waals surface area contributed by atoms with E-state index in [9.17, 15) is 4.79 Å². The number of amides is 1. The molecule has 1 unspecified atom stereocenters. The number of nitrogens with zero attached hydrogens (tertiary/aromatic N) is 1. The van der Waals surface area contributed by atoms with Crippen LogP contribution in [0.15, 0.2) is 78.9 Å². The molecule has 1 fully saturated rings. The van der Waals surface area contributed by atoms with Gasteiger partial charge in [-0.3, -0.25) is 4.79 Å². The van der Waals surface area contributed by atoms with Gasteiger partial charge in [-0.05, 0) is 80.1 Å². The van der Waals surface area contributed by atoms with Crippen molar-refractivity contribution in [3.05, 3.63) is 106 Å². The lowest BCUT2D eigenvalue weighted by Crippen LogP contribution is -2.36. The van der Waals surface area contributed by atoms with E-state index in [-0.39, 0.29) is 24.2 Å². The molecule has 192 valence electrons. The largest absolute Gasteiger partial charge is 0.355 e. The van der Waals surface area contributed by atoms with Gasteiger partial charge in [0.25, 0.3) is 0 Å². The maximum Gasteiger partial charge on any atom is 0.224 e. The Hall–Kier alpha value is -2.04. The maximum absolute atomic E-state index is 12.6. The molecule has 1 amide bonds. The molecular formula is C30H35Cl3N2O. The van der Waals surface area contributed by atoms with Crippen LogP contribution in [0.5, 0.6) is 0 Å². The molecule has 1 heterocycles. The standard InChI is InChI=1S/C30H34Cl2N2O.ClH/c31-28-12-11-26(21-29(28)32)27(22-33-30(35)20-24-9-5-2-6-10-24)15-18-34-16-13-25(14-17-34)19-23-7-3-1-4-8-23;/h1-12,21,25,27H,13-20,22H2,(H,33,35);1H. The van der Waals surface area contributed by atoms with Crippen molar-refractivity contribution in [2.75, 3.05) is 26.2 Å². The molecule has 1 saturated heterocycles. The van der Waals surface area contributed by atoms with Gasteiger partial charge in [0.2, 0.25) is 5.91 Å². The number of halogens is 3. The molecule has 36 heavy (non-hydrogen) atoms. The molecule has 0 spiro atoms. The van der Waals surface area contributed by atoms with E-state index in [1.54, 1.807) is 0 Å². The van der Waals surface area contributed by atoms with Crippen molar-refractivity contribution in [2.45, 2.75) is 38.0 Å². The van der Waals surface area contributed by atoms with Crippen LogP contribution in [0.25, 0.3) is 0 Å². The first kappa shape index (κ1) is 28.5. The number of hydrogen-bond acceptors (Lipinski definition) is 2. The Labute approximate surface area is 231 Å². The molecule has 0 aromatic heterocycles. The number of carbonyl (C=O) groups excluding carboxylic acids is 1. The van der Waals surface area contributed by atoms with Crippen molar-refractivity contribution in [1.29, 1.82) is 0 Å². The lowest BCUT2D eigenvalue weighted by Gasteiger charge is -2.33. The van der Waals surface area contributed by atoms with Gasteiger partial charge in [-0.2, -0.15) is 0 Å². The van der Waals surface area contributed by atoms with Crippen LogP contribution in [-0.4, -0.2) is 37.0 Å². The number of benzene rings is 3. The number of hydrogen-bond donors (Lipinski definition) is 1. The van der Waals surface area contributed by atoms with Crippen LogP contribution >= 0.6 is 35.6 Å². The highest BCUT2D eigenvalue weighted by Gasteiger charge is 2.21. The Kier molecular flexibility index (Phi) is 11.6. The fourth-order valence-corrected chi connectivity index (χ4v) is 5.24. The molecule has 4 rings (SSSR count). The Morgan fingerprint density at radius 3 is 2.17 bits per heavy atom. The Balaban J connectivity index is 0.00000361. The number of piperidine rings is 1. The predicted molar refractivity (Wildman–Crippen MR) is 154 cm³/mol. The van der Waals surface area contributed by atoms with E-state index < -0.39 is 0 Å². The van der Waals surface area contributed by atoms with Crippen molar-refractivity contribution < 1.29 is 4.79 Å². The van der Waals surface area contributed by atoms with Gasteiger partial charge >= 0.3 is 0 Å². The van der Waals surface area contributed by atoms with Gasteiger partial charge < -0.3 is 10.2 Å². The van der Waals surface area contributed by atoms with E-state index in [0.29, 0.717) is 23.0 Å². The number of nitrogens with one attached hydrogen (secondary N) is 1. The van der Waals surface area contributed by atoms with Gasteiger partial charge in [-0.15, -0.1) is 12.4 Å². The summed E-state index contributed by atoms with van der Waals surface area (Å²) in [6.07, 6.45) is 5.01. The van der Waals surface area contributed by atoms with Gasteiger partial charge in [-0.25, -0.2) is 0 Å². The second-order valence-corrected chi connectivity index (χ2v) is 10.4. The molecule has 1 atom stereocenters. The highest BCUT2D eigenvalue weighted by molar-refractivity contribution is 6.42. The van der Waals surface area contributed by atoms with E-state index in [1.807, 2.05) is 48.5 Å². The summed E-state index contributed by atoms with van der Waals surface area (Å²) in [4.78, 5) is 15.2. The monoisotopic (exact) mass is 544 g/mol. The molecular weight excluding hydrogens is 511 g/mol. The first-order valence-electron chi connectivity index (χ1n) is 12.6. The molecule has 0 radical (unpaired) electrons. The zero-order chi connectivity index (χ0) is 24.5. The Morgan fingerprint density at radius 2 is 1.53 bits per heavy atom. The van der Waals surface area contributed by atoms with Gasteiger partial charge in [0.05, 0.1) is 16.5 Å². The van der Waals surface area contributed by atoms with Gasteiger partial charge in [-0.1, -0.05) is 89.9 Å². The van der Waals surface area contributed by atoms with Crippen molar-refractivity contribution in [2.24, 2.45) is 5.92 Å². The van der Waals surface area contributed by atoms with E-state index in [0.717, 1.165) is 43.1 Å². The topological polar surface area (TPSA) is 32.3 Å². The molecule has 3 nitrogen and oxygen atoms in total. The number of carbonyl (C=O) groups is 1. The molecule has 6 heteroatoms. The third-order valence-electron chi connectivity index (χ3n) is 7.04. The summed E-state index contributed by atoms with van der Waals surface area (Å²) >= 11 is 12.5. The Morgan fingerprint density at radius 1 is 0.889 bits per heavy atom. The molecule has 0 saturated carbocycles. The molecule has 3 aromatic carbocycles. The first-order chi connectivity index (χ1) is 17.1. The average molecular weight is 546 g/mol. The predicted octanol–water partition coefficient (Wildman–Crippen LogP) is 7.20. The average Bonchev–Trinajstić information content (AvgIpc) is 2.88. The molecule has 1 N–H and O–H groups in total. The second kappa shape index (κ2) is 14.6. The summed E-state index contributed by atoms with van der Waals surface area (Å²) in [5.74, 6) is 0.992. The van der Waals surface area contributed by atoms with Crippen molar-refractivity contribution in [3.8, 4) is 0 Å². The number of likely N-dealkylation sites (tertiary alicyclic amines) is 1. The van der Waals surface area contributed by atoms with Crippen molar-refractivity contribution >= 4 is 41.5 Å². The van der Waals surface area contributed by atoms with Crippen LogP contribution in [0.2, 0.25) is 10.0 Å². The summed E-state index contributed by atoms with van der Waals surface area (Å²) in [6.45, 7) is 3.86. The van der Waals surface area contributed by atoms with Gasteiger partial charge in [0.1, 0.15) is 0 Å². The summed E-state index contributed by atoms with van der Waals surface area (Å²) in [7, 11) is 0. The third kappa shape index (κ3) is 8.81. The number of rotatable bonds is 10. The smallest absolute Gasteiger partial charge is 0.224 e. The highest BCUT2D eigenvalue weighted by atomic mass is 35.5. The fraction of sp³-hybridized carbons (Fsp3) is 0.367. The summed E-state index contributed by atoms with van der Waals surface area (Å²) in [6, 6.07) is 26.5. The van der Waals surface area contributed by atoms with E-state index in [2.05, 4.69) is 40.5 Å².